The summed E-state index contributed by atoms with van der Waals surface area (Å²) in [5.41, 5.74) is 0. The monoisotopic (exact) mass is 215 g/mol. The number of aliphatic hydroxyl groups excluding tert-OH is 1. The summed E-state index contributed by atoms with van der Waals surface area (Å²) >= 11 is 1.87. The van der Waals surface area contributed by atoms with E-state index in [4.69, 9.17) is 0 Å². The second-order valence-corrected chi connectivity index (χ2v) is 5.84. The molecule has 0 bridgehead atoms. The summed E-state index contributed by atoms with van der Waals surface area (Å²) in [4.78, 5) is 0. The third kappa shape index (κ3) is 1.82. The van der Waals surface area contributed by atoms with Gasteiger partial charge in [-0.15, -0.1) is 0 Å². The molecule has 82 valence electrons. The lowest BCUT2D eigenvalue weighted by Gasteiger charge is -2.47. The van der Waals surface area contributed by atoms with Crippen molar-refractivity contribution in [3.8, 4) is 0 Å². The van der Waals surface area contributed by atoms with Crippen molar-refractivity contribution in [1.29, 1.82) is 0 Å². The van der Waals surface area contributed by atoms with Gasteiger partial charge in [0.25, 0.3) is 0 Å². The molecule has 2 atom stereocenters. The minimum absolute atomic E-state index is 0.133. The zero-order chi connectivity index (χ0) is 10.0. The van der Waals surface area contributed by atoms with Crippen molar-refractivity contribution in [2.24, 2.45) is 0 Å². The summed E-state index contributed by atoms with van der Waals surface area (Å²) in [5.74, 6) is 0. The van der Waals surface area contributed by atoms with Crippen molar-refractivity contribution in [2.75, 3.05) is 12.8 Å². The fourth-order valence-electron chi connectivity index (χ4n) is 2.66. The van der Waals surface area contributed by atoms with E-state index in [1.807, 2.05) is 11.8 Å². The van der Waals surface area contributed by atoms with E-state index in [1.165, 1.54) is 32.1 Å². The van der Waals surface area contributed by atoms with E-state index in [2.05, 4.69) is 11.6 Å². The van der Waals surface area contributed by atoms with Gasteiger partial charge in [-0.1, -0.05) is 12.8 Å². The highest BCUT2D eigenvalue weighted by molar-refractivity contribution is 8.00. The largest absolute Gasteiger partial charge is 0.390 e. The second-order valence-electron chi connectivity index (χ2n) is 4.62. The number of aliphatic hydroxyl groups is 1. The van der Waals surface area contributed by atoms with E-state index in [-0.39, 0.29) is 10.9 Å². The van der Waals surface area contributed by atoms with Gasteiger partial charge in [0.15, 0.2) is 0 Å². The lowest BCUT2D eigenvalue weighted by atomic mass is 9.76. The molecular formula is C11H21NOS. The normalized spacial score (nSPS) is 33.4. The maximum absolute atomic E-state index is 10.4. The van der Waals surface area contributed by atoms with Crippen molar-refractivity contribution < 1.29 is 5.11 Å². The van der Waals surface area contributed by atoms with Gasteiger partial charge in [0, 0.05) is 10.8 Å². The number of hydrogen-bond acceptors (Lipinski definition) is 3. The van der Waals surface area contributed by atoms with Crippen LogP contribution in [-0.2, 0) is 0 Å². The predicted molar refractivity (Wildman–Crippen MR) is 61.7 cm³/mol. The molecule has 2 rings (SSSR count). The van der Waals surface area contributed by atoms with Crippen LogP contribution in [0.1, 0.15) is 38.5 Å². The Morgan fingerprint density at radius 2 is 2.14 bits per heavy atom. The van der Waals surface area contributed by atoms with E-state index < -0.39 is 0 Å². The van der Waals surface area contributed by atoms with Gasteiger partial charge in [0.2, 0.25) is 0 Å². The summed E-state index contributed by atoms with van der Waals surface area (Å²) in [6.45, 7) is 1.09. The third-order valence-corrected chi connectivity index (χ3v) is 5.34. The Morgan fingerprint density at radius 1 is 1.36 bits per heavy atom. The Balaban J connectivity index is 1.94. The van der Waals surface area contributed by atoms with Crippen molar-refractivity contribution in [2.45, 2.75) is 55.4 Å². The Bertz CT molecular complexity index is 182. The van der Waals surface area contributed by atoms with E-state index in [0.717, 1.165) is 13.0 Å². The standard InChI is InChI=1S/C11H21NOS/c1-14-11(6-4-7-11)10(13)9-5-2-3-8-12-9/h9-10,12-13H,2-8H2,1H3. The second kappa shape index (κ2) is 4.42. The van der Waals surface area contributed by atoms with Crippen molar-refractivity contribution in [3.63, 3.8) is 0 Å². The summed E-state index contributed by atoms with van der Waals surface area (Å²) in [7, 11) is 0. The van der Waals surface area contributed by atoms with Crippen molar-refractivity contribution in [3.05, 3.63) is 0 Å². The fraction of sp³-hybridized carbons (Fsp3) is 1.00. The van der Waals surface area contributed by atoms with Gasteiger partial charge in [-0.05, 0) is 38.5 Å². The number of nitrogens with one attached hydrogen (secondary N) is 1. The molecule has 1 heterocycles. The first-order valence-electron chi connectivity index (χ1n) is 5.75. The van der Waals surface area contributed by atoms with E-state index in [0.29, 0.717) is 6.04 Å². The van der Waals surface area contributed by atoms with Gasteiger partial charge in [-0.25, -0.2) is 0 Å². The van der Waals surface area contributed by atoms with Crippen LogP contribution in [-0.4, -0.2) is 34.8 Å². The van der Waals surface area contributed by atoms with Crippen LogP contribution in [0.4, 0.5) is 0 Å². The molecule has 0 aromatic rings. The van der Waals surface area contributed by atoms with Gasteiger partial charge in [0.05, 0.1) is 6.10 Å². The molecule has 2 fully saturated rings. The lowest BCUT2D eigenvalue weighted by Crippen LogP contribution is -2.56. The maximum atomic E-state index is 10.4. The van der Waals surface area contributed by atoms with Gasteiger partial charge in [-0.2, -0.15) is 11.8 Å². The Kier molecular flexibility index (Phi) is 3.40. The van der Waals surface area contributed by atoms with Crippen LogP contribution >= 0.6 is 11.8 Å². The van der Waals surface area contributed by atoms with Gasteiger partial charge in [-0.3, -0.25) is 0 Å². The molecule has 1 saturated heterocycles. The minimum atomic E-state index is -0.133. The molecule has 0 radical (unpaired) electrons. The molecule has 2 aliphatic rings. The van der Waals surface area contributed by atoms with Crippen LogP contribution in [0, 0.1) is 0 Å². The Morgan fingerprint density at radius 3 is 2.57 bits per heavy atom. The molecule has 2 nitrogen and oxygen atoms in total. The molecule has 1 saturated carbocycles. The SMILES string of the molecule is CSC1(C(O)C2CCCCN2)CCC1. The summed E-state index contributed by atoms with van der Waals surface area (Å²) < 4.78 is 0.189. The molecule has 0 aromatic heterocycles. The molecule has 0 spiro atoms. The number of rotatable bonds is 3. The molecule has 14 heavy (non-hydrogen) atoms. The Labute approximate surface area is 90.8 Å². The zero-order valence-electron chi connectivity index (χ0n) is 8.96. The van der Waals surface area contributed by atoms with E-state index in [1.54, 1.807) is 0 Å². The summed E-state index contributed by atoms with van der Waals surface area (Å²) in [5, 5.41) is 13.8. The molecule has 0 amide bonds. The first-order chi connectivity index (χ1) is 6.78. The van der Waals surface area contributed by atoms with Gasteiger partial charge in [0.1, 0.15) is 0 Å². The topological polar surface area (TPSA) is 32.3 Å². The Hall–Kier alpha value is 0.270. The number of piperidine rings is 1. The molecule has 1 aliphatic carbocycles. The van der Waals surface area contributed by atoms with Gasteiger partial charge >= 0.3 is 0 Å². The van der Waals surface area contributed by atoms with Crippen LogP contribution in [0.3, 0.4) is 0 Å². The first-order valence-corrected chi connectivity index (χ1v) is 6.97. The van der Waals surface area contributed by atoms with Crippen LogP contribution < -0.4 is 5.32 Å². The van der Waals surface area contributed by atoms with E-state index in [9.17, 15) is 5.11 Å². The molecule has 2 N–H and O–H groups in total. The van der Waals surface area contributed by atoms with Crippen LogP contribution in [0.25, 0.3) is 0 Å². The molecule has 2 unspecified atom stereocenters. The van der Waals surface area contributed by atoms with Crippen molar-refractivity contribution in [1.82, 2.24) is 5.32 Å². The molecule has 1 aliphatic heterocycles. The highest BCUT2D eigenvalue weighted by Gasteiger charge is 2.46. The fourth-order valence-corrected chi connectivity index (χ4v) is 3.76. The lowest BCUT2D eigenvalue weighted by molar-refractivity contribution is 0.0444. The molecule has 3 heteroatoms. The highest BCUT2D eigenvalue weighted by Crippen LogP contribution is 2.46. The van der Waals surface area contributed by atoms with Gasteiger partial charge < -0.3 is 10.4 Å². The van der Waals surface area contributed by atoms with E-state index >= 15 is 0 Å². The maximum Gasteiger partial charge on any atom is 0.0839 e. The number of hydrogen-bond donors (Lipinski definition) is 2. The van der Waals surface area contributed by atoms with Crippen molar-refractivity contribution >= 4 is 11.8 Å². The molecular weight excluding hydrogens is 194 g/mol. The van der Waals surface area contributed by atoms with Crippen LogP contribution in [0.5, 0.6) is 0 Å². The average Bonchev–Trinajstić information content (AvgIpc) is 2.18. The first kappa shape index (κ1) is 10.8. The minimum Gasteiger partial charge on any atom is -0.390 e. The van der Waals surface area contributed by atoms with Crippen LogP contribution in [0.15, 0.2) is 0 Å². The predicted octanol–water partition coefficient (Wildman–Crippen LogP) is 1.78. The quantitative estimate of drug-likeness (QED) is 0.752. The van der Waals surface area contributed by atoms with Crippen LogP contribution in [0.2, 0.25) is 0 Å². The molecule has 0 aromatic carbocycles. The summed E-state index contributed by atoms with van der Waals surface area (Å²) in [6, 6.07) is 0.358. The highest BCUT2D eigenvalue weighted by atomic mass is 32.2. The third-order valence-electron chi connectivity index (χ3n) is 3.88. The zero-order valence-corrected chi connectivity index (χ0v) is 9.78. The smallest absolute Gasteiger partial charge is 0.0839 e. The summed E-state index contributed by atoms with van der Waals surface area (Å²) in [6.07, 6.45) is 9.42. The average molecular weight is 215 g/mol. The number of thioether (sulfide) groups is 1.